The van der Waals surface area contributed by atoms with Crippen molar-refractivity contribution in [3.63, 3.8) is 0 Å². The number of nitrogens with zero attached hydrogens (tertiary/aromatic N) is 1. The lowest BCUT2D eigenvalue weighted by Crippen LogP contribution is -2.23. The van der Waals surface area contributed by atoms with Crippen molar-refractivity contribution in [1.29, 1.82) is 0 Å². The van der Waals surface area contributed by atoms with Crippen LogP contribution in [0.4, 0.5) is 4.79 Å². The maximum absolute atomic E-state index is 12.4. The smallest absolute Gasteiger partial charge is 0.466 e. The molecule has 0 aliphatic heterocycles. The van der Waals surface area contributed by atoms with Gasteiger partial charge in [0.15, 0.2) is 0 Å². The maximum Gasteiger partial charge on any atom is 0.508 e. The van der Waals surface area contributed by atoms with E-state index in [0.29, 0.717) is 39.1 Å². The first-order chi connectivity index (χ1) is 23.3. The molecule has 0 aliphatic carbocycles. The second-order valence-corrected chi connectivity index (χ2v) is 13.7. The second kappa shape index (κ2) is 35.0. The van der Waals surface area contributed by atoms with Gasteiger partial charge >= 0.3 is 18.1 Å². The van der Waals surface area contributed by atoms with E-state index >= 15 is 0 Å². The number of carbonyl (C=O) groups excluding carboxylic acids is 3. The Hall–Kier alpha value is -1.87. The lowest BCUT2D eigenvalue weighted by atomic mass is 10.0. The van der Waals surface area contributed by atoms with Crippen molar-refractivity contribution in [3.05, 3.63) is 0 Å². The summed E-state index contributed by atoms with van der Waals surface area (Å²) in [6.07, 6.45) is 23.3. The van der Waals surface area contributed by atoms with Crippen LogP contribution in [0.3, 0.4) is 0 Å². The molecule has 0 aromatic heterocycles. The summed E-state index contributed by atoms with van der Waals surface area (Å²) in [5.74, 6) is -0.179. The number of carbonyl (C=O) groups is 3. The summed E-state index contributed by atoms with van der Waals surface area (Å²) in [7, 11) is 5.64. The van der Waals surface area contributed by atoms with Crippen molar-refractivity contribution in [2.24, 2.45) is 5.92 Å². The monoisotopic (exact) mass is 686 g/mol. The number of rotatable bonds is 35. The fourth-order valence-corrected chi connectivity index (χ4v) is 5.69. The highest BCUT2D eigenvalue weighted by Gasteiger charge is 2.17. The SMILES string of the molecule is CCCCCCCCCCCCC(CCOC(=O)CCCCCC(COC)COC(=O)CCCCCCC)OC(=O)OCCCN(C)C. The van der Waals surface area contributed by atoms with Crippen LogP contribution >= 0.6 is 0 Å². The molecule has 0 saturated carbocycles. The average molecular weight is 686 g/mol. The molecule has 0 rings (SSSR count). The van der Waals surface area contributed by atoms with E-state index in [1.165, 1.54) is 70.6 Å². The van der Waals surface area contributed by atoms with Gasteiger partial charge in [-0.2, -0.15) is 0 Å². The van der Waals surface area contributed by atoms with Crippen LogP contribution in [0.5, 0.6) is 0 Å². The first-order valence-corrected chi connectivity index (χ1v) is 19.6. The molecule has 0 radical (unpaired) electrons. The van der Waals surface area contributed by atoms with E-state index in [4.69, 9.17) is 23.7 Å². The second-order valence-electron chi connectivity index (χ2n) is 13.7. The first kappa shape index (κ1) is 46.1. The minimum absolute atomic E-state index is 0.122. The zero-order valence-corrected chi connectivity index (χ0v) is 31.9. The molecular formula is C39H75NO8. The molecule has 0 bridgehead atoms. The van der Waals surface area contributed by atoms with Crippen LogP contribution in [-0.2, 0) is 33.3 Å². The number of hydrogen-bond donors (Lipinski definition) is 0. The largest absolute Gasteiger partial charge is 0.508 e. The van der Waals surface area contributed by atoms with Gasteiger partial charge in [0.25, 0.3) is 0 Å². The third-order valence-corrected chi connectivity index (χ3v) is 8.68. The molecule has 2 atom stereocenters. The fourth-order valence-electron chi connectivity index (χ4n) is 5.69. The number of methoxy groups -OCH3 is 1. The molecule has 9 nitrogen and oxygen atoms in total. The van der Waals surface area contributed by atoms with Crippen molar-refractivity contribution in [1.82, 2.24) is 4.90 Å². The van der Waals surface area contributed by atoms with Gasteiger partial charge in [-0.3, -0.25) is 9.59 Å². The number of unbranched alkanes of at least 4 members (excludes halogenated alkanes) is 15. The summed E-state index contributed by atoms with van der Waals surface area (Å²) >= 11 is 0. The topological polar surface area (TPSA) is 101 Å². The molecule has 0 aromatic carbocycles. The maximum atomic E-state index is 12.4. The quantitative estimate of drug-likeness (QED) is 0.0367. The van der Waals surface area contributed by atoms with Gasteiger partial charge in [-0.1, -0.05) is 110 Å². The summed E-state index contributed by atoms with van der Waals surface area (Å²) in [6.45, 7) is 6.76. The lowest BCUT2D eigenvalue weighted by molar-refractivity contribution is -0.146. The zero-order valence-electron chi connectivity index (χ0n) is 31.9. The normalized spacial score (nSPS) is 12.5. The summed E-state index contributed by atoms with van der Waals surface area (Å²) < 4.78 is 27.3. The van der Waals surface area contributed by atoms with Crippen LogP contribution in [0.1, 0.15) is 168 Å². The Labute approximate surface area is 294 Å². The Kier molecular flexibility index (Phi) is 33.6. The van der Waals surface area contributed by atoms with Gasteiger partial charge < -0.3 is 28.6 Å². The van der Waals surface area contributed by atoms with Crippen LogP contribution < -0.4 is 0 Å². The predicted molar refractivity (Wildman–Crippen MR) is 194 cm³/mol. The van der Waals surface area contributed by atoms with Gasteiger partial charge in [0.1, 0.15) is 6.10 Å². The van der Waals surface area contributed by atoms with Crippen LogP contribution in [0.15, 0.2) is 0 Å². The van der Waals surface area contributed by atoms with Gasteiger partial charge in [-0.15, -0.1) is 0 Å². The van der Waals surface area contributed by atoms with Gasteiger partial charge in [-0.05, 0) is 52.6 Å². The van der Waals surface area contributed by atoms with E-state index in [1.54, 1.807) is 7.11 Å². The Morgan fingerprint density at radius 2 is 1.06 bits per heavy atom. The van der Waals surface area contributed by atoms with Crippen molar-refractivity contribution >= 4 is 18.1 Å². The summed E-state index contributed by atoms with van der Waals surface area (Å²) in [5.41, 5.74) is 0. The lowest BCUT2D eigenvalue weighted by Gasteiger charge is -2.18. The highest BCUT2D eigenvalue weighted by molar-refractivity contribution is 5.69. The molecule has 9 heteroatoms. The van der Waals surface area contributed by atoms with Crippen molar-refractivity contribution in [2.45, 2.75) is 174 Å². The van der Waals surface area contributed by atoms with E-state index in [-0.39, 0.29) is 30.6 Å². The van der Waals surface area contributed by atoms with Gasteiger partial charge in [0.2, 0.25) is 0 Å². The molecule has 0 saturated heterocycles. The highest BCUT2D eigenvalue weighted by Crippen LogP contribution is 2.17. The molecule has 2 unspecified atom stereocenters. The Bertz CT molecular complexity index is 747. The van der Waals surface area contributed by atoms with Gasteiger partial charge in [-0.25, -0.2) is 4.79 Å². The van der Waals surface area contributed by atoms with E-state index in [2.05, 4.69) is 13.8 Å². The van der Waals surface area contributed by atoms with Crippen molar-refractivity contribution < 1.29 is 38.1 Å². The van der Waals surface area contributed by atoms with Gasteiger partial charge in [0, 0.05) is 38.8 Å². The molecule has 0 spiro atoms. The molecule has 0 fully saturated rings. The number of ether oxygens (including phenoxy) is 5. The molecule has 48 heavy (non-hydrogen) atoms. The third kappa shape index (κ3) is 32.7. The van der Waals surface area contributed by atoms with E-state index < -0.39 is 6.16 Å². The molecule has 284 valence electrons. The van der Waals surface area contributed by atoms with E-state index in [1.807, 2.05) is 19.0 Å². The summed E-state index contributed by atoms with van der Waals surface area (Å²) in [6, 6.07) is 0. The number of hydrogen-bond acceptors (Lipinski definition) is 9. The fraction of sp³-hybridized carbons (Fsp3) is 0.923. The van der Waals surface area contributed by atoms with Crippen LogP contribution in [-0.4, -0.2) is 83.3 Å². The molecule has 0 aromatic rings. The standard InChI is InChI=1S/C39H75NO8/c1-6-8-10-12-13-14-15-16-18-21-26-36(48-39(43)46-31-24-30-40(3)4)29-32-45-37(41)27-23-19-20-25-35(33-44-5)34-47-38(42)28-22-17-11-9-7-2/h35-36H,6-34H2,1-5H3. The first-order valence-electron chi connectivity index (χ1n) is 19.6. The van der Waals surface area contributed by atoms with Crippen LogP contribution in [0, 0.1) is 5.92 Å². The minimum atomic E-state index is -0.638. The highest BCUT2D eigenvalue weighted by atomic mass is 16.7. The average Bonchev–Trinajstić information content (AvgIpc) is 3.05. The van der Waals surface area contributed by atoms with Crippen LogP contribution in [0.25, 0.3) is 0 Å². The zero-order chi connectivity index (χ0) is 35.5. The van der Waals surface area contributed by atoms with E-state index in [9.17, 15) is 14.4 Å². The molecule has 0 aliphatic rings. The molecular weight excluding hydrogens is 610 g/mol. The Balaban J connectivity index is 4.32. The predicted octanol–water partition coefficient (Wildman–Crippen LogP) is 9.82. The molecule has 0 heterocycles. The van der Waals surface area contributed by atoms with Crippen molar-refractivity contribution in [3.8, 4) is 0 Å². The Morgan fingerprint density at radius 1 is 0.542 bits per heavy atom. The Morgan fingerprint density at radius 3 is 1.65 bits per heavy atom. The molecule has 0 N–H and O–H groups in total. The summed E-state index contributed by atoms with van der Waals surface area (Å²) in [5, 5.41) is 0. The minimum Gasteiger partial charge on any atom is -0.466 e. The number of esters is 2. The van der Waals surface area contributed by atoms with Gasteiger partial charge in [0.05, 0.1) is 26.4 Å². The third-order valence-electron chi connectivity index (χ3n) is 8.68. The van der Waals surface area contributed by atoms with Crippen LogP contribution in [0.2, 0.25) is 0 Å². The van der Waals surface area contributed by atoms with E-state index in [0.717, 1.165) is 70.8 Å². The molecule has 0 amide bonds. The summed E-state index contributed by atoms with van der Waals surface area (Å²) in [4.78, 5) is 38.8. The van der Waals surface area contributed by atoms with Crippen molar-refractivity contribution in [2.75, 3.05) is 54.2 Å².